The van der Waals surface area contributed by atoms with Crippen molar-refractivity contribution in [2.45, 2.75) is 32.9 Å². The van der Waals surface area contributed by atoms with E-state index in [1.165, 1.54) is 17.5 Å². The van der Waals surface area contributed by atoms with Crippen molar-refractivity contribution in [2.75, 3.05) is 6.54 Å². The Morgan fingerprint density at radius 1 is 1.32 bits per heavy atom. The minimum Gasteiger partial charge on any atom is -0.350 e. The molecule has 0 fully saturated rings. The van der Waals surface area contributed by atoms with E-state index in [2.05, 4.69) is 82.4 Å². The second kappa shape index (κ2) is 6.92. The molecule has 1 unspecified atom stereocenters. The molecule has 0 saturated carbocycles. The second-order valence-corrected chi connectivity index (χ2v) is 5.84. The molecule has 2 nitrogen and oxygen atoms in total. The lowest BCUT2D eigenvalue weighted by Crippen LogP contribution is -2.18. The van der Waals surface area contributed by atoms with E-state index >= 15 is 0 Å². The van der Waals surface area contributed by atoms with Crippen LogP contribution < -0.4 is 5.32 Å². The van der Waals surface area contributed by atoms with Crippen molar-refractivity contribution in [2.24, 2.45) is 0 Å². The fourth-order valence-corrected chi connectivity index (χ4v) is 2.59. The first-order valence-electron chi connectivity index (χ1n) is 6.82. The van der Waals surface area contributed by atoms with E-state index in [1.807, 2.05) is 0 Å². The summed E-state index contributed by atoms with van der Waals surface area (Å²) in [5.74, 6) is 0. The third-order valence-corrected chi connectivity index (χ3v) is 3.72. The van der Waals surface area contributed by atoms with E-state index in [0.717, 1.165) is 17.6 Å². The number of rotatable bonds is 6. The van der Waals surface area contributed by atoms with E-state index in [4.69, 9.17) is 0 Å². The topological polar surface area (TPSA) is 17.0 Å². The smallest absolute Gasteiger partial charge is 0.0470 e. The number of nitrogens with zero attached hydrogens (tertiary/aromatic N) is 1. The van der Waals surface area contributed by atoms with E-state index in [1.54, 1.807) is 0 Å². The normalized spacial score (nSPS) is 12.6. The molecule has 0 amide bonds. The molecule has 19 heavy (non-hydrogen) atoms. The van der Waals surface area contributed by atoms with Gasteiger partial charge in [-0.3, -0.25) is 0 Å². The van der Waals surface area contributed by atoms with Crippen LogP contribution in [-0.2, 0) is 6.54 Å². The quantitative estimate of drug-likeness (QED) is 0.836. The van der Waals surface area contributed by atoms with Gasteiger partial charge in [0.15, 0.2) is 0 Å². The average Bonchev–Trinajstić information content (AvgIpc) is 2.84. The van der Waals surface area contributed by atoms with E-state index in [-0.39, 0.29) is 0 Å². The van der Waals surface area contributed by atoms with Gasteiger partial charge in [0.2, 0.25) is 0 Å². The zero-order valence-corrected chi connectivity index (χ0v) is 13.2. The maximum Gasteiger partial charge on any atom is 0.0470 e. The highest BCUT2D eigenvalue weighted by Gasteiger charge is 2.06. The first-order valence-corrected chi connectivity index (χ1v) is 7.62. The van der Waals surface area contributed by atoms with Gasteiger partial charge in [0.1, 0.15) is 0 Å². The summed E-state index contributed by atoms with van der Waals surface area (Å²) in [5.41, 5.74) is 2.66. The maximum atomic E-state index is 3.51. The minimum absolute atomic E-state index is 0.420. The van der Waals surface area contributed by atoms with Crippen LogP contribution in [-0.4, -0.2) is 11.1 Å². The first-order chi connectivity index (χ1) is 9.19. The lowest BCUT2D eigenvalue weighted by atomic mass is 10.2. The molecule has 0 aliphatic rings. The zero-order valence-electron chi connectivity index (χ0n) is 11.6. The first kappa shape index (κ1) is 14.4. The van der Waals surface area contributed by atoms with Crippen molar-refractivity contribution >= 4 is 15.9 Å². The molecule has 2 aromatic rings. The summed E-state index contributed by atoms with van der Waals surface area (Å²) >= 11 is 3.51. The molecule has 0 aliphatic heterocycles. The van der Waals surface area contributed by atoms with E-state index in [9.17, 15) is 0 Å². The van der Waals surface area contributed by atoms with Gasteiger partial charge >= 0.3 is 0 Å². The van der Waals surface area contributed by atoms with Crippen molar-refractivity contribution < 1.29 is 0 Å². The third kappa shape index (κ3) is 4.22. The fraction of sp³-hybridized carbons (Fsp3) is 0.375. The van der Waals surface area contributed by atoms with Crippen LogP contribution in [0.1, 0.15) is 37.4 Å². The molecule has 1 aromatic heterocycles. The van der Waals surface area contributed by atoms with Crippen LogP contribution in [0.3, 0.4) is 0 Å². The summed E-state index contributed by atoms with van der Waals surface area (Å²) in [4.78, 5) is 0. The summed E-state index contributed by atoms with van der Waals surface area (Å²) in [6.07, 6.45) is 5.55. The SMILES string of the molecule is CCCNC(C)c1ccn(Cc2cccc(Br)c2)c1. The predicted molar refractivity (Wildman–Crippen MR) is 84.4 cm³/mol. The van der Waals surface area contributed by atoms with Gasteiger partial charge < -0.3 is 9.88 Å². The number of hydrogen-bond donors (Lipinski definition) is 1. The van der Waals surface area contributed by atoms with Crippen LogP contribution in [0, 0.1) is 0 Å². The molecule has 0 radical (unpaired) electrons. The Balaban J connectivity index is 2.01. The van der Waals surface area contributed by atoms with Crippen LogP contribution in [0.2, 0.25) is 0 Å². The number of nitrogens with one attached hydrogen (secondary N) is 1. The molecule has 1 heterocycles. The number of hydrogen-bond acceptors (Lipinski definition) is 1. The summed E-state index contributed by atoms with van der Waals surface area (Å²) in [6.45, 7) is 6.39. The second-order valence-electron chi connectivity index (χ2n) is 4.92. The Hall–Kier alpha value is -1.06. The minimum atomic E-state index is 0.420. The van der Waals surface area contributed by atoms with Crippen molar-refractivity contribution in [1.82, 2.24) is 9.88 Å². The van der Waals surface area contributed by atoms with Gasteiger partial charge in [-0.05, 0) is 49.2 Å². The molecule has 2 rings (SSSR count). The highest BCUT2D eigenvalue weighted by Crippen LogP contribution is 2.16. The van der Waals surface area contributed by atoms with Crippen molar-refractivity contribution in [1.29, 1.82) is 0 Å². The highest BCUT2D eigenvalue weighted by molar-refractivity contribution is 9.10. The largest absolute Gasteiger partial charge is 0.350 e. The molecule has 1 atom stereocenters. The Bertz CT molecular complexity index is 519. The Morgan fingerprint density at radius 3 is 2.89 bits per heavy atom. The molecule has 0 aliphatic carbocycles. The van der Waals surface area contributed by atoms with Gasteiger partial charge in [0, 0.05) is 29.5 Å². The van der Waals surface area contributed by atoms with Gasteiger partial charge in [-0.15, -0.1) is 0 Å². The molecule has 3 heteroatoms. The molecule has 1 aromatic carbocycles. The standard InChI is InChI=1S/C16H21BrN2/c1-3-8-18-13(2)15-7-9-19(12-15)11-14-5-4-6-16(17)10-14/h4-7,9-10,12-13,18H,3,8,11H2,1-2H3. The lowest BCUT2D eigenvalue weighted by Gasteiger charge is -2.11. The predicted octanol–water partition coefficient (Wildman–Crippen LogP) is 4.36. The average molecular weight is 321 g/mol. The van der Waals surface area contributed by atoms with Crippen LogP contribution in [0.15, 0.2) is 47.2 Å². The monoisotopic (exact) mass is 320 g/mol. The van der Waals surface area contributed by atoms with Gasteiger partial charge in [0.25, 0.3) is 0 Å². The van der Waals surface area contributed by atoms with Crippen LogP contribution >= 0.6 is 15.9 Å². The summed E-state index contributed by atoms with van der Waals surface area (Å²) < 4.78 is 3.37. The maximum absolute atomic E-state index is 3.51. The highest BCUT2D eigenvalue weighted by atomic mass is 79.9. The lowest BCUT2D eigenvalue weighted by molar-refractivity contribution is 0.569. The van der Waals surface area contributed by atoms with Gasteiger partial charge in [0.05, 0.1) is 0 Å². The number of benzene rings is 1. The Labute approximate surface area is 124 Å². The van der Waals surface area contributed by atoms with Gasteiger partial charge in [-0.2, -0.15) is 0 Å². The summed E-state index contributed by atoms with van der Waals surface area (Å²) in [7, 11) is 0. The number of halogens is 1. The van der Waals surface area contributed by atoms with Crippen molar-refractivity contribution in [3.8, 4) is 0 Å². The van der Waals surface area contributed by atoms with Crippen LogP contribution in [0.4, 0.5) is 0 Å². The van der Waals surface area contributed by atoms with E-state index in [0.29, 0.717) is 6.04 Å². The zero-order chi connectivity index (χ0) is 13.7. The van der Waals surface area contributed by atoms with Crippen molar-refractivity contribution in [3.05, 3.63) is 58.3 Å². The molecular weight excluding hydrogens is 300 g/mol. The molecular formula is C16H21BrN2. The summed E-state index contributed by atoms with van der Waals surface area (Å²) in [6, 6.07) is 11.1. The Kier molecular flexibility index (Phi) is 5.23. The molecule has 0 spiro atoms. The van der Waals surface area contributed by atoms with Crippen LogP contribution in [0.5, 0.6) is 0 Å². The molecule has 0 saturated heterocycles. The third-order valence-electron chi connectivity index (χ3n) is 3.23. The van der Waals surface area contributed by atoms with Crippen LogP contribution in [0.25, 0.3) is 0 Å². The number of aromatic nitrogens is 1. The summed E-state index contributed by atoms with van der Waals surface area (Å²) in [5, 5.41) is 3.51. The Morgan fingerprint density at radius 2 is 2.16 bits per heavy atom. The molecule has 1 N–H and O–H groups in total. The van der Waals surface area contributed by atoms with E-state index < -0.39 is 0 Å². The fourth-order valence-electron chi connectivity index (χ4n) is 2.14. The van der Waals surface area contributed by atoms with Gasteiger partial charge in [-0.1, -0.05) is 35.0 Å². The van der Waals surface area contributed by atoms with Crippen molar-refractivity contribution in [3.63, 3.8) is 0 Å². The molecule has 0 bridgehead atoms. The molecule has 102 valence electrons. The van der Waals surface area contributed by atoms with Gasteiger partial charge in [-0.25, -0.2) is 0 Å².